The second-order valence-corrected chi connectivity index (χ2v) is 7.52. The van der Waals surface area contributed by atoms with Crippen LogP contribution in [0, 0.1) is 5.92 Å². The lowest BCUT2D eigenvalue weighted by Gasteiger charge is -2.28. The van der Waals surface area contributed by atoms with E-state index in [1.54, 1.807) is 6.20 Å². The summed E-state index contributed by atoms with van der Waals surface area (Å²) < 4.78 is 7.55. The Labute approximate surface area is 165 Å². The molecule has 0 radical (unpaired) electrons. The summed E-state index contributed by atoms with van der Waals surface area (Å²) in [4.78, 5) is 4.35. The topological polar surface area (TPSA) is 76.9 Å². The van der Waals surface area contributed by atoms with E-state index in [0.29, 0.717) is 18.6 Å². The van der Waals surface area contributed by atoms with Crippen LogP contribution in [0.15, 0.2) is 36.7 Å². The number of nitrogens with one attached hydrogen (secondary N) is 2. The van der Waals surface area contributed by atoms with Crippen LogP contribution in [0.5, 0.6) is 0 Å². The maximum Gasteiger partial charge on any atom is 0.157 e. The highest BCUT2D eigenvalue weighted by atomic mass is 16.5. The van der Waals surface area contributed by atoms with Gasteiger partial charge in [0.2, 0.25) is 0 Å². The van der Waals surface area contributed by atoms with Crippen molar-refractivity contribution in [2.75, 3.05) is 24.3 Å². The van der Waals surface area contributed by atoms with Gasteiger partial charge in [0, 0.05) is 43.9 Å². The van der Waals surface area contributed by atoms with Crippen LogP contribution in [0.3, 0.4) is 0 Å². The van der Waals surface area contributed by atoms with Crippen LogP contribution in [-0.2, 0) is 18.3 Å². The number of aryl methyl sites for hydroxylation is 1. The second-order valence-electron chi connectivity index (χ2n) is 7.52. The summed E-state index contributed by atoms with van der Waals surface area (Å²) in [5.41, 5.74) is 0. The fraction of sp³-hybridized carbons (Fsp3) is 0.476. The molecule has 0 spiro atoms. The van der Waals surface area contributed by atoms with Gasteiger partial charge in [0.1, 0.15) is 5.82 Å². The molecule has 3 aromatic rings. The largest absolute Gasteiger partial charge is 0.381 e. The van der Waals surface area contributed by atoms with Gasteiger partial charge in [-0.2, -0.15) is 0 Å². The number of ether oxygens (including phenoxy) is 1. The van der Waals surface area contributed by atoms with Gasteiger partial charge in [-0.15, -0.1) is 10.2 Å². The Hall–Kier alpha value is -2.67. The van der Waals surface area contributed by atoms with Crippen LogP contribution in [0.25, 0.3) is 10.8 Å². The number of rotatable bonds is 7. The van der Waals surface area contributed by atoms with E-state index in [-0.39, 0.29) is 0 Å². The minimum Gasteiger partial charge on any atom is -0.381 e. The smallest absolute Gasteiger partial charge is 0.157 e. The van der Waals surface area contributed by atoms with E-state index in [0.717, 1.165) is 41.2 Å². The van der Waals surface area contributed by atoms with Crippen LogP contribution in [0.4, 0.5) is 11.6 Å². The summed E-state index contributed by atoms with van der Waals surface area (Å²) in [7, 11) is 3.80. The molecule has 0 amide bonds. The molecule has 7 heteroatoms. The Morgan fingerprint density at radius 1 is 1.11 bits per heavy atom. The van der Waals surface area contributed by atoms with Crippen LogP contribution in [0.1, 0.15) is 31.5 Å². The molecule has 2 aromatic heterocycles. The first kappa shape index (κ1) is 18.7. The maximum absolute atomic E-state index is 5.55. The Morgan fingerprint density at radius 3 is 2.54 bits per heavy atom. The van der Waals surface area contributed by atoms with E-state index >= 15 is 0 Å². The second kappa shape index (κ2) is 8.56. The van der Waals surface area contributed by atoms with Crippen LogP contribution >= 0.6 is 0 Å². The zero-order chi connectivity index (χ0) is 19.3. The minimum absolute atomic E-state index is 0.390. The van der Waals surface area contributed by atoms with E-state index in [4.69, 9.17) is 4.74 Å². The van der Waals surface area contributed by atoms with E-state index in [1.165, 1.54) is 19.3 Å². The van der Waals surface area contributed by atoms with Gasteiger partial charge < -0.3 is 19.9 Å². The zero-order valence-corrected chi connectivity index (χ0v) is 16.6. The Bertz CT molecular complexity index is 924. The van der Waals surface area contributed by atoms with Gasteiger partial charge in [-0.3, -0.25) is 0 Å². The lowest BCUT2D eigenvalue weighted by Crippen LogP contribution is -2.26. The van der Waals surface area contributed by atoms with Crippen molar-refractivity contribution in [1.29, 1.82) is 0 Å². The minimum atomic E-state index is 0.390. The zero-order valence-electron chi connectivity index (χ0n) is 16.6. The number of benzene rings is 1. The normalized spacial score (nSPS) is 19.6. The SMILES string of the molecule is COC1CCCC(CNc2nnc(NCc3nccn3C)c3ccccc23)C1. The standard InChI is InChI=1S/C21H28N6O/c1-27-11-10-22-19(27)14-24-21-18-9-4-3-8-17(18)20(25-26-21)23-13-15-6-5-7-16(12-15)28-2/h3-4,8-11,15-16H,5-7,12-14H2,1-2H3,(H,23,25)(H,24,26). The van der Waals surface area contributed by atoms with Gasteiger partial charge >= 0.3 is 0 Å². The number of nitrogens with zero attached hydrogens (tertiary/aromatic N) is 4. The van der Waals surface area contributed by atoms with Crippen molar-refractivity contribution >= 4 is 22.4 Å². The van der Waals surface area contributed by atoms with Crippen molar-refractivity contribution in [2.24, 2.45) is 13.0 Å². The lowest BCUT2D eigenvalue weighted by atomic mass is 9.87. The van der Waals surface area contributed by atoms with Crippen molar-refractivity contribution in [2.45, 2.75) is 38.3 Å². The van der Waals surface area contributed by atoms with Crippen molar-refractivity contribution in [3.05, 3.63) is 42.5 Å². The summed E-state index contributed by atoms with van der Waals surface area (Å²) >= 11 is 0. The third-order valence-electron chi connectivity index (χ3n) is 5.65. The quantitative estimate of drug-likeness (QED) is 0.652. The van der Waals surface area contributed by atoms with Crippen molar-refractivity contribution in [3.63, 3.8) is 0 Å². The van der Waals surface area contributed by atoms with Gasteiger partial charge in [0.25, 0.3) is 0 Å². The molecule has 1 aromatic carbocycles. The molecule has 2 atom stereocenters. The molecule has 2 N–H and O–H groups in total. The summed E-state index contributed by atoms with van der Waals surface area (Å²) in [6.07, 6.45) is 8.88. The van der Waals surface area contributed by atoms with E-state index in [9.17, 15) is 0 Å². The van der Waals surface area contributed by atoms with E-state index in [2.05, 4.69) is 37.9 Å². The summed E-state index contributed by atoms with van der Waals surface area (Å²) in [5.74, 6) is 3.19. The van der Waals surface area contributed by atoms with Gasteiger partial charge in [-0.1, -0.05) is 30.7 Å². The van der Waals surface area contributed by atoms with Crippen molar-refractivity contribution in [1.82, 2.24) is 19.7 Å². The third kappa shape index (κ3) is 4.09. The van der Waals surface area contributed by atoms with Gasteiger partial charge in [-0.25, -0.2) is 4.98 Å². The first-order valence-electron chi connectivity index (χ1n) is 9.96. The number of anilines is 2. The van der Waals surface area contributed by atoms with Crippen LogP contribution < -0.4 is 10.6 Å². The Morgan fingerprint density at radius 2 is 1.86 bits per heavy atom. The van der Waals surface area contributed by atoms with Crippen LogP contribution in [-0.4, -0.2) is 39.5 Å². The summed E-state index contributed by atoms with van der Waals surface area (Å²) in [6.45, 7) is 1.51. The van der Waals surface area contributed by atoms with Crippen molar-refractivity contribution < 1.29 is 4.74 Å². The van der Waals surface area contributed by atoms with Gasteiger partial charge in [0.15, 0.2) is 11.6 Å². The number of fused-ring (bicyclic) bond motifs is 1. The maximum atomic E-state index is 5.55. The molecule has 0 bridgehead atoms. The number of methoxy groups -OCH3 is 1. The van der Waals surface area contributed by atoms with Gasteiger partial charge in [0.05, 0.1) is 12.6 Å². The molecule has 2 heterocycles. The number of imidazole rings is 1. The molecule has 1 fully saturated rings. The first-order valence-corrected chi connectivity index (χ1v) is 9.96. The molecule has 7 nitrogen and oxygen atoms in total. The van der Waals surface area contributed by atoms with Crippen molar-refractivity contribution in [3.8, 4) is 0 Å². The average molecular weight is 380 g/mol. The molecule has 148 valence electrons. The lowest BCUT2D eigenvalue weighted by molar-refractivity contribution is 0.0531. The fourth-order valence-corrected chi connectivity index (χ4v) is 3.98. The number of aromatic nitrogens is 4. The Kier molecular flexibility index (Phi) is 5.71. The predicted octanol–water partition coefficient (Wildman–Crippen LogP) is 3.59. The molecule has 4 rings (SSSR count). The highest BCUT2D eigenvalue weighted by Crippen LogP contribution is 2.29. The molecular weight excluding hydrogens is 352 g/mol. The molecule has 28 heavy (non-hydrogen) atoms. The average Bonchev–Trinajstić information content (AvgIpc) is 3.16. The number of hydrogen-bond donors (Lipinski definition) is 2. The molecule has 1 saturated carbocycles. The number of hydrogen-bond acceptors (Lipinski definition) is 6. The van der Waals surface area contributed by atoms with Gasteiger partial charge in [-0.05, 0) is 25.2 Å². The highest BCUT2D eigenvalue weighted by molar-refractivity contribution is 5.98. The highest BCUT2D eigenvalue weighted by Gasteiger charge is 2.22. The predicted molar refractivity (Wildman–Crippen MR) is 111 cm³/mol. The molecule has 1 aliphatic rings. The van der Waals surface area contributed by atoms with E-state index in [1.807, 2.05) is 37.1 Å². The first-order chi connectivity index (χ1) is 13.7. The molecule has 0 aliphatic heterocycles. The third-order valence-corrected chi connectivity index (χ3v) is 5.65. The van der Waals surface area contributed by atoms with E-state index < -0.39 is 0 Å². The fourth-order valence-electron chi connectivity index (χ4n) is 3.98. The Balaban J connectivity index is 1.48. The summed E-state index contributed by atoms with van der Waals surface area (Å²) in [6, 6.07) is 8.25. The molecule has 0 saturated heterocycles. The molecule has 1 aliphatic carbocycles. The molecule has 2 unspecified atom stereocenters. The van der Waals surface area contributed by atoms with Crippen LogP contribution in [0.2, 0.25) is 0 Å². The monoisotopic (exact) mass is 380 g/mol. The molecular formula is C21H28N6O. The summed E-state index contributed by atoms with van der Waals surface area (Å²) in [5, 5.41) is 18.0.